The second-order valence-corrected chi connectivity index (χ2v) is 6.30. The molecule has 136 valence electrons. The Morgan fingerprint density at radius 3 is 2.58 bits per heavy atom. The predicted octanol–water partition coefficient (Wildman–Crippen LogP) is 2.14. The molecule has 7 nitrogen and oxygen atoms in total. The van der Waals surface area contributed by atoms with Gasteiger partial charge in [-0.3, -0.25) is 5.41 Å². The van der Waals surface area contributed by atoms with Gasteiger partial charge in [0, 0.05) is 49.2 Å². The summed E-state index contributed by atoms with van der Waals surface area (Å²) >= 11 is 0. The molecular formula is C19H24N6O. The van der Waals surface area contributed by atoms with Crippen LogP contribution in [0.15, 0.2) is 42.9 Å². The van der Waals surface area contributed by atoms with E-state index in [0.717, 1.165) is 37.7 Å². The highest BCUT2D eigenvalue weighted by atomic mass is 16.5. The molecule has 3 rings (SSSR count). The van der Waals surface area contributed by atoms with Gasteiger partial charge in [-0.1, -0.05) is 6.58 Å². The van der Waals surface area contributed by atoms with Gasteiger partial charge in [-0.2, -0.15) is 0 Å². The number of piperazine rings is 1. The number of nitrogens with two attached hydrogens (primary N) is 1. The number of nitrogen functional groups attached to an aromatic ring is 1. The van der Waals surface area contributed by atoms with Gasteiger partial charge < -0.3 is 20.3 Å². The van der Waals surface area contributed by atoms with Crippen molar-refractivity contribution in [2.75, 3.05) is 43.9 Å². The first-order valence-corrected chi connectivity index (χ1v) is 8.50. The molecule has 0 atom stereocenters. The Hall–Kier alpha value is -3.09. The second kappa shape index (κ2) is 7.43. The van der Waals surface area contributed by atoms with E-state index in [1.807, 2.05) is 13.0 Å². The minimum absolute atomic E-state index is 0.255. The lowest BCUT2D eigenvalue weighted by atomic mass is 10.0. The molecule has 0 aliphatic carbocycles. The van der Waals surface area contributed by atoms with Crippen LogP contribution < -0.4 is 15.4 Å². The largest absolute Gasteiger partial charge is 0.497 e. The smallest absolute Gasteiger partial charge is 0.132 e. The number of rotatable bonds is 5. The molecule has 1 saturated heterocycles. The highest BCUT2D eigenvalue weighted by Crippen LogP contribution is 2.23. The molecule has 0 unspecified atom stereocenters. The normalized spacial score (nSPS) is 14.2. The number of allylic oxidation sites excluding steroid dienone is 1. The lowest BCUT2D eigenvalue weighted by Gasteiger charge is -2.36. The van der Waals surface area contributed by atoms with Crippen LogP contribution in [0.25, 0.3) is 0 Å². The Bertz CT molecular complexity index is 827. The van der Waals surface area contributed by atoms with Crippen molar-refractivity contribution in [1.29, 1.82) is 5.41 Å². The summed E-state index contributed by atoms with van der Waals surface area (Å²) in [5, 5.41) is 8.52. The molecule has 26 heavy (non-hydrogen) atoms. The van der Waals surface area contributed by atoms with Crippen LogP contribution in [0.2, 0.25) is 0 Å². The molecule has 2 heterocycles. The van der Waals surface area contributed by atoms with E-state index in [1.54, 1.807) is 25.3 Å². The second-order valence-electron chi connectivity index (χ2n) is 6.30. The highest BCUT2D eigenvalue weighted by molar-refractivity contribution is 6.13. The molecular weight excluding hydrogens is 328 g/mol. The molecule has 7 heteroatoms. The van der Waals surface area contributed by atoms with E-state index in [1.165, 1.54) is 6.33 Å². The van der Waals surface area contributed by atoms with Gasteiger partial charge >= 0.3 is 0 Å². The van der Waals surface area contributed by atoms with Gasteiger partial charge in [0.15, 0.2) is 0 Å². The van der Waals surface area contributed by atoms with Gasteiger partial charge in [-0.25, -0.2) is 9.97 Å². The quantitative estimate of drug-likeness (QED) is 0.633. The van der Waals surface area contributed by atoms with Crippen LogP contribution in [-0.4, -0.2) is 53.9 Å². The third-order valence-electron chi connectivity index (χ3n) is 4.58. The van der Waals surface area contributed by atoms with Crippen molar-refractivity contribution in [2.24, 2.45) is 0 Å². The topological polar surface area (TPSA) is 91.4 Å². The van der Waals surface area contributed by atoms with Crippen LogP contribution in [0.4, 0.5) is 11.5 Å². The molecule has 3 N–H and O–H groups in total. The third-order valence-corrected chi connectivity index (χ3v) is 4.58. The summed E-state index contributed by atoms with van der Waals surface area (Å²) in [6.07, 6.45) is 1.50. The number of nitrogens with one attached hydrogen (secondary N) is 1. The molecule has 1 aliphatic rings. The first-order chi connectivity index (χ1) is 12.5. The highest BCUT2D eigenvalue weighted by Gasteiger charge is 2.19. The van der Waals surface area contributed by atoms with E-state index < -0.39 is 0 Å². The van der Waals surface area contributed by atoms with Crippen molar-refractivity contribution < 1.29 is 4.74 Å². The minimum atomic E-state index is 0.255. The number of aromatic nitrogens is 2. The summed E-state index contributed by atoms with van der Waals surface area (Å²) in [5.41, 5.74) is 9.04. The summed E-state index contributed by atoms with van der Waals surface area (Å²) in [6, 6.07) is 7.11. The number of anilines is 2. The molecule has 1 fully saturated rings. The Kier molecular flexibility index (Phi) is 5.06. The first-order valence-electron chi connectivity index (χ1n) is 8.50. The van der Waals surface area contributed by atoms with Gasteiger partial charge in [0.2, 0.25) is 0 Å². The zero-order chi connectivity index (χ0) is 18.7. The summed E-state index contributed by atoms with van der Waals surface area (Å²) in [5.74, 6) is 1.48. The standard InChI is InChI=1S/C19H24N6O/c1-13(2)24-6-8-25(9-7-24)18-11-17(22-12-23-18)19(21)15-10-14(26-3)4-5-16(15)20/h4-5,10-12,21H,1,6-9,20H2,2-3H3. The van der Waals surface area contributed by atoms with Crippen molar-refractivity contribution in [3.63, 3.8) is 0 Å². The molecule has 0 spiro atoms. The fourth-order valence-corrected chi connectivity index (χ4v) is 2.99. The fourth-order valence-electron chi connectivity index (χ4n) is 2.99. The van der Waals surface area contributed by atoms with Crippen LogP contribution in [-0.2, 0) is 0 Å². The summed E-state index contributed by atoms with van der Waals surface area (Å²) in [4.78, 5) is 13.1. The number of ether oxygens (including phenoxy) is 1. The molecule has 0 amide bonds. The monoisotopic (exact) mass is 352 g/mol. The number of hydrogen-bond acceptors (Lipinski definition) is 7. The zero-order valence-corrected chi connectivity index (χ0v) is 15.2. The van der Waals surface area contributed by atoms with Crippen LogP contribution in [0.3, 0.4) is 0 Å². The third kappa shape index (κ3) is 3.61. The van der Waals surface area contributed by atoms with Crippen molar-refractivity contribution in [3.05, 3.63) is 54.1 Å². The lowest BCUT2D eigenvalue weighted by Crippen LogP contribution is -2.45. The molecule has 0 radical (unpaired) electrons. The average Bonchev–Trinajstić information content (AvgIpc) is 2.68. The van der Waals surface area contributed by atoms with Gasteiger partial charge in [0.05, 0.1) is 18.5 Å². The molecule has 1 aliphatic heterocycles. The van der Waals surface area contributed by atoms with Gasteiger partial charge in [-0.15, -0.1) is 0 Å². The number of nitrogens with zero attached hydrogens (tertiary/aromatic N) is 4. The summed E-state index contributed by atoms with van der Waals surface area (Å²) in [6.45, 7) is 9.57. The number of benzene rings is 1. The van der Waals surface area contributed by atoms with Crippen LogP contribution >= 0.6 is 0 Å². The maximum atomic E-state index is 8.52. The van der Waals surface area contributed by atoms with Crippen LogP contribution in [0, 0.1) is 5.41 Å². The number of methoxy groups -OCH3 is 1. The predicted molar refractivity (Wildman–Crippen MR) is 104 cm³/mol. The van der Waals surface area contributed by atoms with E-state index in [-0.39, 0.29) is 5.71 Å². The maximum absolute atomic E-state index is 8.52. The van der Waals surface area contributed by atoms with E-state index in [9.17, 15) is 0 Å². The van der Waals surface area contributed by atoms with Crippen LogP contribution in [0.5, 0.6) is 5.75 Å². The maximum Gasteiger partial charge on any atom is 0.132 e. The van der Waals surface area contributed by atoms with Crippen molar-refractivity contribution in [2.45, 2.75) is 6.92 Å². The van der Waals surface area contributed by atoms with Gasteiger partial charge in [-0.05, 0) is 25.1 Å². The van der Waals surface area contributed by atoms with Crippen molar-refractivity contribution in [1.82, 2.24) is 14.9 Å². The minimum Gasteiger partial charge on any atom is -0.497 e. The Balaban J connectivity index is 1.81. The van der Waals surface area contributed by atoms with Gasteiger partial charge in [0.25, 0.3) is 0 Å². The zero-order valence-electron chi connectivity index (χ0n) is 15.2. The molecule has 0 bridgehead atoms. The summed E-state index contributed by atoms with van der Waals surface area (Å²) in [7, 11) is 1.59. The van der Waals surface area contributed by atoms with E-state index in [4.69, 9.17) is 15.9 Å². The average molecular weight is 352 g/mol. The first kappa shape index (κ1) is 17.7. The molecule has 1 aromatic carbocycles. The van der Waals surface area contributed by atoms with Gasteiger partial charge in [0.1, 0.15) is 17.9 Å². The van der Waals surface area contributed by atoms with E-state index in [2.05, 4.69) is 26.3 Å². The molecule has 1 aromatic heterocycles. The fraction of sp³-hybridized carbons (Fsp3) is 0.316. The van der Waals surface area contributed by atoms with Crippen LogP contribution in [0.1, 0.15) is 18.2 Å². The van der Waals surface area contributed by atoms with E-state index >= 15 is 0 Å². The Labute approximate surface area is 153 Å². The van der Waals surface area contributed by atoms with E-state index in [0.29, 0.717) is 22.7 Å². The Morgan fingerprint density at radius 2 is 1.92 bits per heavy atom. The summed E-state index contributed by atoms with van der Waals surface area (Å²) < 4.78 is 5.24. The molecule has 2 aromatic rings. The van der Waals surface area contributed by atoms with Crippen molar-refractivity contribution in [3.8, 4) is 5.75 Å². The lowest BCUT2D eigenvalue weighted by molar-refractivity contribution is 0.322. The SMILES string of the molecule is C=C(C)N1CCN(c2cc(C(=N)c3cc(OC)ccc3N)ncn2)CC1. The van der Waals surface area contributed by atoms with Crippen molar-refractivity contribution >= 4 is 17.2 Å². The number of hydrogen-bond donors (Lipinski definition) is 2. The Morgan fingerprint density at radius 1 is 1.19 bits per heavy atom. The molecule has 0 saturated carbocycles.